The highest BCUT2D eigenvalue weighted by atomic mass is 19.4. The Morgan fingerprint density at radius 2 is 1.93 bits per heavy atom. The highest BCUT2D eigenvalue weighted by Gasteiger charge is 2.43. The molecule has 5 rings (SSSR count). The Bertz CT molecular complexity index is 1020. The van der Waals surface area contributed by atoms with Gasteiger partial charge in [-0.1, -0.05) is 13.3 Å². The Morgan fingerprint density at radius 1 is 1.13 bits per heavy atom. The molecule has 0 aliphatic heterocycles. The average Bonchev–Trinajstić information content (AvgIpc) is 3.44. The topological polar surface area (TPSA) is 68.1 Å². The van der Waals surface area contributed by atoms with Crippen LogP contribution in [0, 0.1) is 11.8 Å². The van der Waals surface area contributed by atoms with Gasteiger partial charge in [-0.05, 0) is 50.5 Å². The fraction of sp³-hybridized carbons (Fsp3) is 0.667. The van der Waals surface area contributed by atoms with Crippen molar-refractivity contribution in [1.82, 2.24) is 24.6 Å². The quantitative estimate of drug-likeness (QED) is 0.643. The van der Waals surface area contributed by atoms with Crippen LogP contribution in [-0.4, -0.2) is 43.0 Å². The summed E-state index contributed by atoms with van der Waals surface area (Å²) >= 11 is 0. The molecule has 0 aromatic carbocycles. The van der Waals surface area contributed by atoms with E-state index in [4.69, 9.17) is 4.74 Å². The first kappa shape index (κ1) is 19.8. The van der Waals surface area contributed by atoms with Crippen LogP contribution in [-0.2, 0) is 4.74 Å². The predicted molar refractivity (Wildman–Crippen MR) is 105 cm³/mol. The number of H-pyrrole nitrogens is 1. The average molecular weight is 421 g/mol. The fourth-order valence-electron chi connectivity index (χ4n) is 5.39. The summed E-state index contributed by atoms with van der Waals surface area (Å²) < 4.78 is 47.2. The van der Waals surface area contributed by atoms with Gasteiger partial charge in [-0.3, -0.25) is 4.40 Å². The lowest BCUT2D eigenvalue weighted by Gasteiger charge is -2.31. The molecule has 6 nitrogen and oxygen atoms in total. The molecule has 1 N–H and O–H groups in total. The van der Waals surface area contributed by atoms with Gasteiger partial charge in [0.25, 0.3) is 0 Å². The second-order valence-electron chi connectivity index (χ2n) is 8.74. The molecule has 0 radical (unpaired) electrons. The predicted octanol–water partition coefficient (Wildman–Crippen LogP) is 5.02. The number of aromatic nitrogens is 5. The van der Waals surface area contributed by atoms with E-state index in [1.54, 1.807) is 6.20 Å². The molecule has 3 aromatic heterocycles. The van der Waals surface area contributed by atoms with Crippen LogP contribution in [0.4, 0.5) is 13.2 Å². The Hall–Kier alpha value is -2.16. The molecule has 3 unspecified atom stereocenters. The number of aromatic amines is 1. The van der Waals surface area contributed by atoms with Crippen molar-refractivity contribution in [2.24, 2.45) is 11.8 Å². The zero-order chi connectivity index (χ0) is 20.9. The van der Waals surface area contributed by atoms with Gasteiger partial charge in [-0.2, -0.15) is 13.2 Å². The molecule has 9 heteroatoms. The minimum Gasteiger partial charge on any atom is -0.375 e. The van der Waals surface area contributed by atoms with Crippen LogP contribution in [0.25, 0.3) is 16.8 Å². The van der Waals surface area contributed by atoms with Crippen molar-refractivity contribution in [2.45, 2.75) is 76.2 Å². The second kappa shape index (κ2) is 7.51. The molecule has 0 amide bonds. The molecule has 0 bridgehead atoms. The van der Waals surface area contributed by atoms with Gasteiger partial charge in [0, 0.05) is 12.1 Å². The lowest BCUT2D eigenvalue weighted by molar-refractivity contribution is -0.189. The lowest BCUT2D eigenvalue weighted by Crippen LogP contribution is -2.32. The van der Waals surface area contributed by atoms with E-state index in [2.05, 4.69) is 31.5 Å². The van der Waals surface area contributed by atoms with E-state index in [1.165, 1.54) is 0 Å². The van der Waals surface area contributed by atoms with Crippen molar-refractivity contribution in [3.05, 3.63) is 24.3 Å². The van der Waals surface area contributed by atoms with Gasteiger partial charge in [0.1, 0.15) is 5.82 Å². The third kappa shape index (κ3) is 3.46. The van der Waals surface area contributed by atoms with Crippen molar-refractivity contribution in [2.75, 3.05) is 0 Å². The van der Waals surface area contributed by atoms with Gasteiger partial charge in [0.15, 0.2) is 11.3 Å². The van der Waals surface area contributed by atoms with E-state index in [0.29, 0.717) is 18.8 Å². The van der Waals surface area contributed by atoms with E-state index >= 15 is 0 Å². The number of nitrogens with zero attached hydrogens (tertiary/aromatic N) is 4. The summed E-state index contributed by atoms with van der Waals surface area (Å²) in [6.45, 7) is 2.17. The van der Waals surface area contributed by atoms with E-state index in [9.17, 15) is 13.2 Å². The first-order chi connectivity index (χ1) is 14.4. The van der Waals surface area contributed by atoms with Crippen LogP contribution >= 0.6 is 0 Å². The number of nitrogens with one attached hydrogen (secondary N) is 1. The molecular formula is C21H26F3N5O. The van der Waals surface area contributed by atoms with Crippen LogP contribution in [0.5, 0.6) is 0 Å². The second-order valence-corrected chi connectivity index (χ2v) is 8.74. The molecule has 3 atom stereocenters. The molecule has 3 heterocycles. The molecule has 3 aromatic rings. The van der Waals surface area contributed by atoms with Gasteiger partial charge in [-0.25, -0.2) is 4.98 Å². The third-order valence-corrected chi connectivity index (χ3v) is 7.00. The molecular weight excluding hydrogens is 395 g/mol. The maximum atomic E-state index is 12.9. The molecule has 2 saturated carbocycles. The Balaban J connectivity index is 1.32. The van der Waals surface area contributed by atoms with Crippen LogP contribution < -0.4 is 0 Å². The summed E-state index contributed by atoms with van der Waals surface area (Å²) in [7, 11) is 0. The summed E-state index contributed by atoms with van der Waals surface area (Å²) in [5, 5.41) is 8.82. The van der Waals surface area contributed by atoms with Crippen LogP contribution in [0.15, 0.2) is 18.5 Å². The summed E-state index contributed by atoms with van der Waals surface area (Å²) in [4.78, 5) is 7.51. The fourth-order valence-corrected chi connectivity index (χ4v) is 5.39. The Labute approximate surface area is 172 Å². The molecule has 2 aliphatic carbocycles. The normalized spacial score (nSPS) is 30.5. The van der Waals surface area contributed by atoms with Crippen molar-refractivity contribution in [3.63, 3.8) is 0 Å². The van der Waals surface area contributed by atoms with Crippen LogP contribution in [0.2, 0.25) is 0 Å². The van der Waals surface area contributed by atoms with Gasteiger partial charge in [0.05, 0.1) is 29.8 Å². The smallest absolute Gasteiger partial charge is 0.375 e. The summed E-state index contributed by atoms with van der Waals surface area (Å²) in [6, 6.07) is 1.98. The third-order valence-electron chi connectivity index (χ3n) is 7.00. The van der Waals surface area contributed by atoms with Crippen molar-refractivity contribution < 1.29 is 17.9 Å². The van der Waals surface area contributed by atoms with Gasteiger partial charge in [0.2, 0.25) is 0 Å². The standard InChI is InChI=1S/C21H26F3N5O/c1-2-12-9-15(30-14-5-3-13(4-6-14)21(22,23)24)10-16(12)20-28-27-18-11-26-19-17(29(18)20)7-8-25-19/h7-8,11-16,25H,2-6,9-10H2,1H3. The minimum absolute atomic E-state index is 0.0586. The number of alkyl halides is 3. The van der Waals surface area contributed by atoms with Crippen LogP contribution in [0.3, 0.4) is 0 Å². The van der Waals surface area contributed by atoms with Gasteiger partial charge >= 0.3 is 6.18 Å². The molecule has 162 valence electrons. The summed E-state index contributed by atoms with van der Waals surface area (Å²) in [5.41, 5.74) is 2.47. The van der Waals surface area contributed by atoms with E-state index < -0.39 is 12.1 Å². The SMILES string of the molecule is CCC1CC(OC2CCC(C(F)(F)F)CC2)CC1c1nnc2cnc3[nH]ccc3n12. The number of hydrogen-bond donors (Lipinski definition) is 1. The molecule has 2 fully saturated rings. The minimum atomic E-state index is -4.08. The summed E-state index contributed by atoms with van der Waals surface area (Å²) in [6.07, 6.45) is 3.56. The molecule has 0 spiro atoms. The molecule has 30 heavy (non-hydrogen) atoms. The summed E-state index contributed by atoms with van der Waals surface area (Å²) in [5.74, 6) is 0.380. The van der Waals surface area contributed by atoms with E-state index in [0.717, 1.165) is 41.9 Å². The van der Waals surface area contributed by atoms with Gasteiger partial charge < -0.3 is 9.72 Å². The maximum Gasteiger partial charge on any atom is 0.391 e. The highest BCUT2D eigenvalue weighted by Crippen LogP contribution is 2.44. The van der Waals surface area contributed by atoms with Crippen LogP contribution in [0.1, 0.15) is 63.6 Å². The Kier molecular flexibility index (Phi) is 4.95. The highest BCUT2D eigenvalue weighted by molar-refractivity contribution is 5.74. The monoisotopic (exact) mass is 421 g/mol. The number of fused-ring (bicyclic) bond motifs is 3. The van der Waals surface area contributed by atoms with Crippen molar-refractivity contribution in [3.8, 4) is 0 Å². The zero-order valence-electron chi connectivity index (χ0n) is 16.9. The first-order valence-electron chi connectivity index (χ1n) is 10.8. The zero-order valence-corrected chi connectivity index (χ0v) is 16.9. The van der Waals surface area contributed by atoms with E-state index in [1.807, 2.05) is 12.3 Å². The molecule has 2 aliphatic rings. The lowest BCUT2D eigenvalue weighted by atomic mass is 9.87. The maximum absolute atomic E-state index is 12.9. The Morgan fingerprint density at radius 3 is 2.67 bits per heavy atom. The van der Waals surface area contributed by atoms with Crippen molar-refractivity contribution in [1.29, 1.82) is 0 Å². The first-order valence-corrected chi connectivity index (χ1v) is 10.8. The number of rotatable bonds is 4. The number of halogens is 3. The number of hydrogen-bond acceptors (Lipinski definition) is 4. The van der Waals surface area contributed by atoms with E-state index in [-0.39, 0.29) is 31.0 Å². The molecule has 0 saturated heterocycles. The largest absolute Gasteiger partial charge is 0.391 e. The number of ether oxygens (including phenoxy) is 1. The van der Waals surface area contributed by atoms with Crippen molar-refractivity contribution >= 4 is 16.8 Å². The van der Waals surface area contributed by atoms with Gasteiger partial charge in [-0.15, -0.1) is 10.2 Å².